The summed E-state index contributed by atoms with van der Waals surface area (Å²) in [5.41, 5.74) is 9.57. The molecular weight excluding hydrogens is 420 g/mol. The highest BCUT2D eigenvalue weighted by Crippen LogP contribution is 2.43. The van der Waals surface area contributed by atoms with Gasteiger partial charge >= 0.3 is 11.9 Å². The van der Waals surface area contributed by atoms with Crippen molar-refractivity contribution in [1.29, 1.82) is 5.26 Å². The molecule has 7 heteroatoms. The summed E-state index contributed by atoms with van der Waals surface area (Å²) in [7, 11) is 1.31. The Bertz CT molecular complexity index is 1300. The number of carbonyl (C=O) groups is 2. The molecule has 164 valence electrons. The first-order valence-corrected chi connectivity index (χ1v) is 10.1. The predicted octanol–water partition coefficient (Wildman–Crippen LogP) is 4.22. The molecule has 0 fully saturated rings. The third kappa shape index (κ3) is 4.27. The van der Waals surface area contributed by atoms with Crippen molar-refractivity contribution in [3.05, 3.63) is 106 Å². The van der Waals surface area contributed by atoms with E-state index in [4.69, 9.17) is 19.9 Å². The van der Waals surface area contributed by atoms with Gasteiger partial charge in [-0.15, -0.1) is 0 Å². The number of methoxy groups -OCH3 is 1. The van der Waals surface area contributed by atoms with E-state index in [1.54, 1.807) is 54.6 Å². The largest absolute Gasteiger partial charge is 0.465 e. The smallest absolute Gasteiger partial charge is 0.343 e. The third-order valence-corrected chi connectivity index (χ3v) is 5.35. The lowest BCUT2D eigenvalue weighted by molar-refractivity contribution is 0.0600. The fraction of sp³-hybridized carbons (Fsp3) is 0.115. The van der Waals surface area contributed by atoms with E-state index >= 15 is 0 Å². The van der Waals surface area contributed by atoms with E-state index < -0.39 is 17.9 Å². The van der Waals surface area contributed by atoms with E-state index in [1.807, 2.05) is 19.1 Å². The second kappa shape index (κ2) is 8.89. The predicted molar refractivity (Wildman–Crippen MR) is 120 cm³/mol. The maximum absolute atomic E-state index is 12.5. The zero-order valence-corrected chi connectivity index (χ0v) is 18.0. The van der Waals surface area contributed by atoms with Gasteiger partial charge in [-0.1, -0.05) is 35.9 Å². The monoisotopic (exact) mass is 440 g/mol. The molecule has 1 atom stereocenters. The molecule has 0 saturated carbocycles. The standard InChI is InChI=1S/C26H20N2O5/c1-15-3-5-18(6-4-15)26(30)32-19-11-12-20-22(13-19)33-24(28)21(14-27)23(20)16-7-9-17(10-8-16)25(29)31-2/h3-13,23H,28H2,1-2H3. The minimum absolute atomic E-state index is 0.0333. The number of esters is 2. The van der Waals surface area contributed by atoms with Gasteiger partial charge in [0.05, 0.1) is 24.2 Å². The summed E-state index contributed by atoms with van der Waals surface area (Å²) < 4.78 is 15.9. The Hall–Kier alpha value is -4.57. The molecule has 1 heterocycles. The summed E-state index contributed by atoms with van der Waals surface area (Å²) in [4.78, 5) is 24.2. The van der Waals surface area contributed by atoms with Gasteiger partial charge < -0.3 is 19.9 Å². The molecule has 0 aliphatic carbocycles. The van der Waals surface area contributed by atoms with Crippen molar-refractivity contribution in [2.24, 2.45) is 5.73 Å². The van der Waals surface area contributed by atoms with Crippen LogP contribution in [0.3, 0.4) is 0 Å². The number of nitriles is 1. The molecule has 4 rings (SSSR count). The molecule has 0 aromatic heterocycles. The molecule has 1 aliphatic rings. The van der Waals surface area contributed by atoms with Crippen molar-refractivity contribution in [3.8, 4) is 17.6 Å². The first-order valence-electron chi connectivity index (χ1n) is 10.1. The molecule has 7 nitrogen and oxygen atoms in total. The van der Waals surface area contributed by atoms with Crippen molar-refractivity contribution in [2.45, 2.75) is 12.8 Å². The lowest BCUT2D eigenvalue weighted by atomic mass is 9.83. The van der Waals surface area contributed by atoms with E-state index in [1.165, 1.54) is 7.11 Å². The average Bonchev–Trinajstić information content (AvgIpc) is 2.83. The van der Waals surface area contributed by atoms with Crippen LogP contribution in [0.2, 0.25) is 0 Å². The molecule has 1 unspecified atom stereocenters. The van der Waals surface area contributed by atoms with Crippen LogP contribution < -0.4 is 15.2 Å². The van der Waals surface area contributed by atoms with Gasteiger partial charge in [-0.25, -0.2) is 9.59 Å². The molecule has 0 amide bonds. The van der Waals surface area contributed by atoms with Crippen LogP contribution in [-0.2, 0) is 4.74 Å². The molecule has 0 bridgehead atoms. The van der Waals surface area contributed by atoms with Gasteiger partial charge in [-0.3, -0.25) is 0 Å². The van der Waals surface area contributed by atoms with Crippen molar-refractivity contribution in [2.75, 3.05) is 7.11 Å². The molecule has 3 aromatic rings. The number of hydrogen-bond acceptors (Lipinski definition) is 7. The molecule has 3 aromatic carbocycles. The lowest BCUT2D eigenvalue weighted by Crippen LogP contribution is -2.21. The molecular formula is C26H20N2O5. The Morgan fingerprint density at radius 1 is 0.970 bits per heavy atom. The van der Waals surface area contributed by atoms with Crippen molar-refractivity contribution in [3.63, 3.8) is 0 Å². The van der Waals surface area contributed by atoms with Gasteiger partial charge in [0.2, 0.25) is 5.88 Å². The average molecular weight is 440 g/mol. The Morgan fingerprint density at radius 2 is 1.61 bits per heavy atom. The SMILES string of the molecule is COC(=O)c1ccc(C2C(C#N)=C(N)Oc3cc(OC(=O)c4ccc(C)cc4)ccc32)cc1. The number of hydrogen-bond donors (Lipinski definition) is 1. The molecule has 2 N–H and O–H groups in total. The number of aryl methyl sites for hydroxylation is 1. The lowest BCUT2D eigenvalue weighted by Gasteiger charge is -2.26. The molecule has 0 saturated heterocycles. The Morgan fingerprint density at radius 3 is 2.24 bits per heavy atom. The number of carbonyl (C=O) groups excluding carboxylic acids is 2. The fourth-order valence-corrected chi connectivity index (χ4v) is 3.63. The quantitative estimate of drug-likeness (QED) is 0.477. The zero-order valence-electron chi connectivity index (χ0n) is 18.0. The summed E-state index contributed by atoms with van der Waals surface area (Å²) in [6, 6.07) is 20.8. The topological polar surface area (TPSA) is 112 Å². The van der Waals surface area contributed by atoms with E-state index in [0.717, 1.165) is 11.1 Å². The normalized spacial score (nSPS) is 14.5. The number of nitrogens with two attached hydrogens (primary N) is 1. The highest BCUT2D eigenvalue weighted by molar-refractivity contribution is 5.91. The number of fused-ring (bicyclic) bond motifs is 1. The minimum atomic E-state index is -0.507. The van der Waals surface area contributed by atoms with Crippen LogP contribution in [0.1, 0.15) is 43.3 Å². The van der Waals surface area contributed by atoms with E-state index in [0.29, 0.717) is 22.4 Å². The number of allylic oxidation sites excluding steroid dienone is 1. The maximum Gasteiger partial charge on any atom is 0.343 e. The Kier molecular flexibility index (Phi) is 5.83. The van der Waals surface area contributed by atoms with Gasteiger partial charge in [0.15, 0.2) is 0 Å². The van der Waals surface area contributed by atoms with Crippen LogP contribution in [0.4, 0.5) is 0 Å². The Labute approximate surface area is 190 Å². The molecule has 33 heavy (non-hydrogen) atoms. The number of rotatable bonds is 4. The summed E-state index contributed by atoms with van der Waals surface area (Å²) in [5.74, 6) is -0.831. The van der Waals surface area contributed by atoms with Gasteiger partial charge in [-0.2, -0.15) is 5.26 Å². The summed E-state index contributed by atoms with van der Waals surface area (Å²) >= 11 is 0. The molecule has 0 spiro atoms. The third-order valence-electron chi connectivity index (χ3n) is 5.35. The van der Waals surface area contributed by atoms with E-state index in [9.17, 15) is 14.9 Å². The summed E-state index contributed by atoms with van der Waals surface area (Å²) in [6.45, 7) is 1.93. The maximum atomic E-state index is 12.5. The zero-order chi connectivity index (χ0) is 23.5. The highest BCUT2D eigenvalue weighted by atomic mass is 16.5. The van der Waals surface area contributed by atoms with Crippen LogP contribution in [-0.4, -0.2) is 19.0 Å². The van der Waals surface area contributed by atoms with Crippen LogP contribution in [0.25, 0.3) is 0 Å². The van der Waals surface area contributed by atoms with Gasteiger partial charge in [0, 0.05) is 11.6 Å². The molecule has 1 aliphatic heterocycles. The van der Waals surface area contributed by atoms with E-state index in [2.05, 4.69) is 6.07 Å². The second-order valence-corrected chi connectivity index (χ2v) is 7.49. The van der Waals surface area contributed by atoms with Crippen molar-refractivity contribution < 1.29 is 23.8 Å². The van der Waals surface area contributed by atoms with Crippen LogP contribution in [0.5, 0.6) is 11.5 Å². The second-order valence-electron chi connectivity index (χ2n) is 7.49. The number of ether oxygens (including phenoxy) is 3. The number of benzene rings is 3. The van der Waals surface area contributed by atoms with Crippen LogP contribution in [0, 0.1) is 18.3 Å². The minimum Gasteiger partial charge on any atom is -0.465 e. The first-order chi connectivity index (χ1) is 15.9. The Balaban J connectivity index is 1.67. The van der Waals surface area contributed by atoms with Crippen LogP contribution >= 0.6 is 0 Å². The van der Waals surface area contributed by atoms with Gasteiger partial charge in [0.25, 0.3) is 0 Å². The fourth-order valence-electron chi connectivity index (χ4n) is 3.63. The van der Waals surface area contributed by atoms with Gasteiger partial charge in [0.1, 0.15) is 23.1 Å². The van der Waals surface area contributed by atoms with Crippen molar-refractivity contribution in [1.82, 2.24) is 0 Å². The van der Waals surface area contributed by atoms with Crippen molar-refractivity contribution >= 4 is 11.9 Å². The summed E-state index contributed by atoms with van der Waals surface area (Å²) in [5, 5.41) is 9.71. The van der Waals surface area contributed by atoms with Gasteiger partial charge in [-0.05, 0) is 42.8 Å². The highest BCUT2D eigenvalue weighted by Gasteiger charge is 2.31. The van der Waals surface area contributed by atoms with Crippen LogP contribution in [0.15, 0.2) is 78.2 Å². The summed E-state index contributed by atoms with van der Waals surface area (Å²) in [6.07, 6.45) is 0. The number of nitrogens with zero attached hydrogens (tertiary/aromatic N) is 1. The first kappa shape index (κ1) is 21.7. The van der Waals surface area contributed by atoms with E-state index in [-0.39, 0.29) is 17.2 Å². The molecule has 0 radical (unpaired) electrons.